The van der Waals surface area contributed by atoms with Crippen molar-refractivity contribution in [2.75, 3.05) is 0 Å². The molecule has 122 valence electrons. The van der Waals surface area contributed by atoms with Crippen LogP contribution in [0.15, 0.2) is 0 Å². The molecule has 0 aliphatic heterocycles. The molecule has 0 fully saturated rings. The summed E-state index contributed by atoms with van der Waals surface area (Å²) in [6.07, 6.45) is 23.0. The minimum Gasteiger partial charge on any atom is -0.331 e. The van der Waals surface area contributed by atoms with Crippen LogP contribution in [-0.4, -0.2) is 15.9 Å². The van der Waals surface area contributed by atoms with E-state index in [1.807, 2.05) is 0 Å². The van der Waals surface area contributed by atoms with Gasteiger partial charge in [-0.3, -0.25) is 0 Å². The molecule has 0 saturated heterocycles. The first-order chi connectivity index (χ1) is 9.77. The summed E-state index contributed by atoms with van der Waals surface area (Å²) in [6.45, 7) is 2.29. The third-order valence-corrected chi connectivity index (χ3v) is 4.84. The van der Waals surface area contributed by atoms with E-state index in [9.17, 15) is 0 Å². The smallest absolute Gasteiger partial charge is 0.0238 e. The normalized spacial score (nSPS) is 12.9. The zero-order valence-corrected chi connectivity index (χ0v) is 16.5. The van der Waals surface area contributed by atoms with Crippen molar-refractivity contribution >= 4 is 10.2 Å². The Morgan fingerprint density at radius 3 is 1.20 bits per heavy atom. The average Bonchev–Trinajstić information content (AvgIpc) is 2.43. The molecule has 1 atom stereocenters. The summed E-state index contributed by atoms with van der Waals surface area (Å²) in [4.78, 5) is 0. The fourth-order valence-corrected chi connectivity index (χ4v) is 3.25. The molecule has 2 N–H and O–H groups in total. The third kappa shape index (κ3) is 18.2. The largest absolute Gasteiger partial charge is 0.331 e. The molecule has 0 rings (SSSR count). The average molecular weight is 300 g/mol. The molecule has 1 unspecified atom stereocenters. The van der Waals surface area contributed by atoms with E-state index < -0.39 is 0 Å². The number of unbranched alkanes of at least 4 members (excludes halogenated alkanes) is 14. The van der Waals surface area contributed by atoms with Gasteiger partial charge in [0.1, 0.15) is 0 Å². The number of rotatable bonds is 16. The topological polar surface area (TPSA) is 26.0 Å². The molecule has 20 heavy (non-hydrogen) atoms. The zero-order chi connectivity index (χ0) is 14.9. The Labute approximate surface area is 131 Å². The van der Waals surface area contributed by atoms with Crippen LogP contribution in [0.2, 0.25) is 0 Å². The molecule has 0 spiro atoms. The summed E-state index contributed by atoms with van der Waals surface area (Å²) in [5.74, 6) is 0. The predicted octanol–water partition coefficient (Wildman–Crippen LogP) is 4.90. The molecule has 0 aromatic heterocycles. The SMILES string of the molecule is CCCCCCCCCCCCCCCCCC(N)[SiH3]. The van der Waals surface area contributed by atoms with Crippen LogP contribution in [0.5, 0.6) is 0 Å². The minimum absolute atomic E-state index is 0.539. The lowest BCUT2D eigenvalue weighted by molar-refractivity contribution is 0.528. The van der Waals surface area contributed by atoms with Crippen LogP contribution < -0.4 is 5.73 Å². The predicted molar refractivity (Wildman–Crippen MR) is 97.5 cm³/mol. The lowest BCUT2D eigenvalue weighted by atomic mass is 10.0. The fraction of sp³-hybridized carbons (Fsp3) is 1.00. The van der Waals surface area contributed by atoms with E-state index in [4.69, 9.17) is 5.73 Å². The summed E-state index contributed by atoms with van der Waals surface area (Å²) in [5.41, 5.74) is 6.35. The van der Waals surface area contributed by atoms with Gasteiger partial charge in [0.25, 0.3) is 0 Å². The van der Waals surface area contributed by atoms with E-state index in [0.29, 0.717) is 5.67 Å². The van der Waals surface area contributed by atoms with Gasteiger partial charge in [0, 0.05) is 10.2 Å². The Morgan fingerprint density at radius 1 is 0.600 bits per heavy atom. The molecule has 0 aromatic carbocycles. The van der Waals surface area contributed by atoms with E-state index in [2.05, 4.69) is 6.92 Å². The molecule has 0 aliphatic rings. The molecule has 0 radical (unpaired) electrons. The second-order valence-electron chi connectivity index (χ2n) is 6.72. The summed E-state index contributed by atoms with van der Waals surface area (Å²) < 4.78 is 0. The van der Waals surface area contributed by atoms with Crippen LogP contribution in [-0.2, 0) is 0 Å². The Morgan fingerprint density at radius 2 is 0.900 bits per heavy atom. The molecule has 2 heteroatoms. The summed E-state index contributed by atoms with van der Waals surface area (Å²) in [6, 6.07) is 0. The summed E-state index contributed by atoms with van der Waals surface area (Å²) >= 11 is 0. The molecular formula is C18H41NSi. The van der Waals surface area contributed by atoms with Crippen molar-refractivity contribution in [1.29, 1.82) is 0 Å². The maximum absolute atomic E-state index is 5.81. The highest BCUT2D eigenvalue weighted by molar-refractivity contribution is 6.11. The van der Waals surface area contributed by atoms with Crippen molar-refractivity contribution in [1.82, 2.24) is 0 Å². The zero-order valence-electron chi connectivity index (χ0n) is 14.5. The Kier molecular flexibility index (Phi) is 17.4. The van der Waals surface area contributed by atoms with Crippen LogP contribution in [0.25, 0.3) is 0 Å². The standard InChI is InChI=1S/C18H41NSi/c1-2-3-4-5-6-7-8-9-10-11-12-13-14-15-16-17-18(19)20/h18H,2-17,19H2,1,20H3. The van der Waals surface area contributed by atoms with Gasteiger partial charge in [-0.05, 0) is 12.1 Å². The number of hydrogen-bond donors (Lipinski definition) is 1. The van der Waals surface area contributed by atoms with Gasteiger partial charge in [0.15, 0.2) is 0 Å². The van der Waals surface area contributed by atoms with E-state index in [0.717, 1.165) is 0 Å². The maximum atomic E-state index is 5.81. The second-order valence-corrected chi connectivity index (χ2v) is 8.20. The highest BCUT2D eigenvalue weighted by Crippen LogP contribution is 2.13. The molecule has 0 aromatic rings. The van der Waals surface area contributed by atoms with Gasteiger partial charge < -0.3 is 5.73 Å². The molecule has 0 bridgehead atoms. The van der Waals surface area contributed by atoms with Crippen molar-refractivity contribution in [2.24, 2.45) is 5.73 Å². The molecular weight excluding hydrogens is 258 g/mol. The minimum atomic E-state index is 0.539. The van der Waals surface area contributed by atoms with Crippen LogP contribution in [0.1, 0.15) is 110 Å². The van der Waals surface area contributed by atoms with Crippen LogP contribution in [0, 0.1) is 0 Å². The van der Waals surface area contributed by atoms with Crippen LogP contribution in [0.4, 0.5) is 0 Å². The molecule has 0 aliphatic carbocycles. The van der Waals surface area contributed by atoms with Gasteiger partial charge in [-0.2, -0.15) is 0 Å². The van der Waals surface area contributed by atoms with Gasteiger partial charge in [0.05, 0.1) is 0 Å². The fourth-order valence-electron chi connectivity index (χ4n) is 2.84. The van der Waals surface area contributed by atoms with Crippen LogP contribution in [0.3, 0.4) is 0 Å². The lowest BCUT2D eigenvalue weighted by Gasteiger charge is -2.05. The lowest BCUT2D eigenvalue weighted by Crippen LogP contribution is -2.18. The van der Waals surface area contributed by atoms with E-state index in [-0.39, 0.29) is 0 Å². The van der Waals surface area contributed by atoms with Crippen molar-refractivity contribution in [3.63, 3.8) is 0 Å². The van der Waals surface area contributed by atoms with Crippen molar-refractivity contribution < 1.29 is 0 Å². The van der Waals surface area contributed by atoms with Gasteiger partial charge in [-0.15, -0.1) is 0 Å². The van der Waals surface area contributed by atoms with Gasteiger partial charge >= 0.3 is 0 Å². The molecule has 0 heterocycles. The van der Waals surface area contributed by atoms with Gasteiger partial charge in [0.2, 0.25) is 0 Å². The third-order valence-electron chi connectivity index (χ3n) is 4.26. The summed E-state index contributed by atoms with van der Waals surface area (Å²) in [7, 11) is 1.17. The van der Waals surface area contributed by atoms with E-state index in [1.54, 1.807) is 0 Å². The van der Waals surface area contributed by atoms with Crippen molar-refractivity contribution in [3.05, 3.63) is 0 Å². The van der Waals surface area contributed by atoms with E-state index >= 15 is 0 Å². The molecule has 0 amide bonds. The van der Waals surface area contributed by atoms with E-state index in [1.165, 1.54) is 113 Å². The first-order valence-corrected chi connectivity index (χ1v) is 10.7. The highest BCUT2D eigenvalue weighted by Gasteiger charge is 1.96. The van der Waals surface area contributed by atoms with Gasteiger partial charge in [-0.25, -0.2) is 0 Å². The maximum Gasteiger partial charge on any atom is 0.0238 e. The number of hydrogen-bond acceptors (Lipinski definition) is 1. The van der Waals surface area contributed by atoms with Crippen molar-refractivity contribution in [2.45, 2.75) is 115 Å². The highest BCUT2D eigenvalue weighted by atomic mass is 28.1. The Balaban J connectivity index is 2.92. The molecule has 0 saturated carbocycles. The second kappa shape index (κ2) is 17.2. The van der Waals surface area contributed by atoms with Crippen molar-refractivity contribution in [3.8, 4) is 0 Å². The first-order valence-electron chi connectivity index (χ1n) is 9.53. The Bertz CT molecular complexity index is 171. The quantitative estimate of drug-likeness (QED) is 0.318. The van der Waals surface area contributed by atoms with Crippen LogP contribution >= 0.6 is 0 Å². The Hall–Kier alpha value is 0.177. The summed E-state index contributed by atoms with van der Waals surface area (Å²) in [5, 5.41) is 0. The molecule has 1 nitrogen and oxygen atoms in total. The van der Waals surface area contributed by atoms with Gasteiger partial charge in [-0.1, -0.05) is 103 Å². The monoisotopic (exact) mass is 299 g/mol. The first kappa shape index (κ1) is 20.2. The number of nitrogens with two attached hydrogens (primary N) is 1.